The first kappa shape index (κ1) is 16.9. The number of ketones is 3. The van der Waals surface area contributed by atoms with Crippen LogP contribution < -0.4 is 0 Å². The van der Waals surface area contributed by atoms with Crippen molar-refractivity contribution < 1.29 is 14.4 Å². The van der Waals surface area contributed by atoms with Crippen LogP contribution in [-0.2, 0) is 17.6 Å². The van der Waals surface area contributed by atoms with Crippen molar-refractivity contribution in [3.63, 3.8) is 0 Å². The van der Waals surface area contributed by atoms with Crippen LogP contribution in [0.5, 0.6) is 0 Å². The molecule has 0 unspecified atom stereocenters. The minimum atomic E-state index is -0.689. The third-order valence-corrected chi connectivity index (χ3v) is 4.75. The summed E-state index contributed by atoms with van der Waals surface area (Å²) in [6.45, 7) is 1.53. The first-order valence-corrected chi connectivity index (χ1v) is 8.51. The summed E-state index contributed by atoms with van der Waals surface area (Å²) in [5.74, 6) is -1.30. The number of nitrogens with zero attached hydrogens (tertiary/aromatic N) is 2. The van der Waals surface area contributed by atoms with Crippen molar-refractivity contribution in [2.24, 2.45) is 0 Å². The van der Waals surface area contributed by atoms with E-state index in [2.05, 4.69) is 15.2 Å². The topological polar surface area (TPSA) is 92.8 Å². The molecule has 3 aromatic rings. The summed E-state index contributed by atoms with van der Waals surface area (Å²) in [6.07, 6.45) is 1.94. The molecular weight excluding hydrogens is 338 g/mol. The summed E-state index contributed by atoms with van der Waals surface area (Å²) in [7, 11) is 0. The van der Waals surface area contributed by atoms with Crippen LogP contribution >= 0.6 is 11.3 Å². The number of benzene rings is 1. The highest BCUT2D eigenvalue weighted by Gasteiger charge is 2.21. The zero-order valence-corrected chi connectivity index (χ0v) is 14.3. The molecule has 0 aliphatic heterocycles. The Bertz CT molecular complexity index is 911. The number of Topliss-reactive ketones (excluding diaryl/α,β-unsaturated/α-hetero) is 3. The number of nitrogens with one attached hydrogen (secondary N) is 1. The third-order valence-electron chi connectivity index (χ3n) is 3.79. The fourth-order valence-corrected chi connectivity index (χ4v) is 3.33. The van der Waals surface area contributed by atoms with E-state index in [9.17, 15) is 14.4 Å². The highest BCUT2D eigenvalue weighted by atomic mass is 32.1. The molecule has 1 N–H and O–H groups in total. The fourth-order valence-electron chi connectivity index (χ4n) is 2.43. The summed E-state index contributed by atoms with van der Waals surface area (Å²) < 4.78 is 0. The number of rotatable bonds is 7. The molecule has 1 aromatic carbocycles. The molecule has 0 amide bonds. The minimum absolute atomic E-state index is 0.0267. The van der Waals surface area contributed by atoms with Gasteiger partial charge in [-0.15, -0.1) is 16.4 Å². The minimum Gasteiger partial charge on any atom is -0.295 e. The second-order valence-electron chi connectivity index (χ2n) is 5.55. The smallest absolute Gasteiger partial charge is 0.267 e. The van der Waals surface area contributed by atoms with Gasteiger partial charge in [-0.3, -0.25) is 19.5 Å². The Labute approximate surface area is 147 Å². The van der Waals surface area contributed by atoms with E-state index < -0.39 is 11.6 Å². The second kappa shape index (κ2) is 7.31. The number of aromatic amines is 1. The van der Waals surface area contributed by atoms with Gasteiger partial charge in [0.2, 0.25) is 11.6 Å². The van der Waals surface area contributed by atoms with E-state index in [-0.39, 0.29) is 18.0 Å². The van der Waals surface area contributed by atoms with Crippen molar-refractivity contribution in [2.45, 2.75) is 19.8 Å². The fraction of sp³-hybridized carbons (Fsp3) is 0.167. The lowest BCUT2D eigenvalue weighted by atomic mass is 10.0. The maximum Gasteiger partial charge on any atom is 0.267 e. The van der Waals surface area contributed by atoms with E-state index in [1.165, 1.54) is 24.6 Å². The van der Waals surface area contributed by atoms with E-state index >= 15 is 0 Å². The van der Waals surface area contributed by atoms with Crippen molar-refractivity contribution in [1.29, 1.82) is 0 Å². The molecule has 0 spiro atoms. The van der Waals surface area contributed by atoms with Crippen LogP contribution in [0.3, 0.4) is 0 Å². The number of hydrogen-bond donors (Lipinski definition) is 1. The molecule has 0 atom stereocenters. The van der Waals surface area contributed by atoms with Crippen molar-refractivity contribution in [1.82, 2.24) is 15.2 Å². The third kappa shape index (κ3) is 3.95. The average Bonchev–Trinajstić information content (AvgIpc) is 3.27. The van der Waals surface area contributed by atoms with Crippen LogP contribution in [-0.4, -0.2) is 32.5 Å². The zero-order valence-electron chi connectivity index (χ0n) is 13.5. The highest BCUT2D eigenvalue weighted by molar-refractivity contribution is 7.10. The molecule has 0 bridgehead atoms. The van der Waals surface area contributed by atoms with Gasteiger partial charge in [0.05, 0.1) is 0 Å². The number of carbonyl (C=O) groups is 3. The SMILES string of the molecule is CC(=O)c1ccc(Cc2ccsc2CC(=O)C(=O)c2nc[nH]n2)cc1. The van der Waals surface area contributed by atoms with E-state index in [4.69, 9.17) is 0 Å². The zero-order chi connectivity index (χ0) is 17.8. The van der Waals surface area contributed by atoms with Gasteiger partial charge in [0.1, 0.15) is 6.33 Å². The van der Waals surface area contributed by atoms with Gasteiger partial charge in [-0.25, -0.2) is 4.98 Å². The van der Waals surface area contributed by atoms with Crippen molar-refractivity contribution in [3.05, 3.63) is 69.4 Å². The Balaban J connectivity index is 1.71. The maximum absolute atomic E-state index is 12.2. The first-order chi connectivity index (χ1) is 12.0. The molecule has 25 heavy (non-hydrogen) atoms. The summed E-state index contributed by atoms with van der Waals surface area (Å²) >= 11 is 1.44. The maximum atomic E-state index is 12.2. The number of H-pyrrole nitrogens is 1. The van der Waals surface area contributed by atoms with Gasteiger partial charge in [-0.05, 0) is 35.9 Å². The highest BCUT2D eigenvalue weighted by Crippen LogP contribution is 2.22. The van der Waals surface area contributed by atoms with Crippen LogP contribution in [0.4, 0.5) is 0 Å². The number of thiophene rings is 1. The summed E-state index contributed by atoms with van der Waals surface area (Å²) in [6, 6.07) is 9.34. The predicted molar refractivity (Wildman–Crippen MR) is 93.0 cm³/mol. The normalized spacial score (nSPS) is 10.6. The number of aromatic nitrogens is 3. The molecule has 2 heterocycles. The second-order valence-corrected chi connectivity index (χ2v) is 6.55. The average molecular weight is 353 g/mol. The predicted octanol–water partition coefficient (Wildman–Crippen LogP) is 2.65. The van der Waals surface area contributed by atoms with Crippen LogP contribution in [0, 0.1) is 0 Å². The Hall–Kier alpha value is -2.93. The molecule has 126 valence electrons. The molecular formula is C18H15N3O3S. The lowest BCUT2D eigenvalue weighted by Gasteiger charge is -2.04. The lowest BCUT2D eigenvalue weighted by molar-refractivity contribution is -0.114. The molecule has 2 aromatic heterocycles. The van der Waals surface area contributed by atoms with Crippen molar-refractivity contribution in [2.75, 3.05) is 0 Å². The quantitative estimate of drug-likeness (QED) is 0.521. The molecule has 0 saturated heterocycles. The molecule has 6 nitrogen and oxygen atoms in total. The van der Waals surface area contributed by atoms with Crippen LogP contribution in [0.1, 0.15) is 43.9 Å². The summed E-state index contributed by atoms with van der Waals surface area (Å²) in [5, 5.41) is 7.98. The first-order valence-electron chi connectivity index (χ1n) is 7.63. The summed E-state index contributed by atoms with van der Waals surface area (Å²) in [4.78, 5) is 40.0. The van der Waals surface area contributed by atoms with Gasteiger partial charge >= 0.3 is 0 Å². The Kier molecular flexibility index (Phi) is 4.95. The van der Waals surface area contributed by atoms with Crippen LogP contribution in [0.15, 0.2) is 42.0 Å². The molecule has 0 aliphatic carbocycles. The van der Waals surface area contributed by atoms with E-state index in [1.54, 1.807) is 12.1 Å². The van der Waals surface area contributed by atoms with Gasteiger partial charge in [-0.1, -0.05) is 24.3 Å². The Morgan fingerprint density at radius 1 is 1.12 bits per heavy atom. The van der Waals surface area contributed by atoms with E-state index in [0.717, 1.165) is 16.0 Å². The largest absolute Gasteiger partial charge is 0.295 e. The Morgan fingerprint density at radius 2 is 1.88 bits per heavy atom. The van der Waals surface area contributed by atoms with E-state index in [1.807, 2.05) is 23.6 Å². The molecule has 7 heteroatoms. The van der Waals surface area contributed by atoms with Crippen LogP contribution in [0.2, 0.25) is 0 Å². The molecule has 3 rings (SSSR count). The lowest BCUT2D eigenvalue weighted by Crippen LogP contribution is -2.18. The number of carbonyl (C=O) groups excluding carboxylic acids is 3. The molecule has 0 fully saturated rings. The van der Waals surface area contributed by atoms with Gasteiger partial charge < -0.3 is 0 Å². The van der Waals surface area contributed by atoms with Crippen molar-refractivity contribution >= 4 is 28.7 Å². The van der Waals surface area contributed by atoms with Gasteiger partial charge in [0.25, 0.3) is 5.78 Å². The van der Waals surface area contributed by atoms with Gasteiger partial charge in [0.15, 0.2) is 5.78 Å². The summed E-state index contributed by atoms with van der Waals surface area (Å²) in [5.41, 5.74) is 2.70. The molecule has 0 aliphatic rings. The molecule has 0 saturated carbocycles. The van der Waals surface area contributed by atoms with E-state index in [0.29, 0.717) is 12.0 Å². The van der Waals surface area contributed by atoms with Gasteiger partial charge in [-0.2, -0.15) is 0 Å². The molecule has 0 radical (unpaired) electrons. The Morgan fingerprint density at radius 3 is 2.52 bits per heavy atom. The standard InChI is InChI=1S/C18H15N3O3S/c1-11(22)13-4-2-12(3-5-13)8-14-6-7-25-16(14)9-15(23)17(24)18-19-10-20-21-18/h2-7,10H,8-9H2,1H3,(H,19,20,21). The monoisotopic (exact) mass is 353 g/mol. The van der Waals surface area contributed by atoms with Crippen LogP contribution in [0.25, 0.3) is 0 Å². The number of hydrogen-bond acceptors (Lipinski definition) is 6. The van der Waals surface area contributed by atoms with Crippen molar-refractivity contribution in [3.8, 4) is 0 Å². The van der Waals surface area contributed by atoms with Gasteiger partial charge in [0, 0.05) is 16.9 Å².